The number of ether oxygens (including phenoxy) is 3. The summed E-state index contributed by atoms with van der Waals surface area (Å²) in [4.78, 5) is 16.9. The minimum atomic E-state index is -0.572. The second-order valence-corrected chi connectivity index (χ2v) is 8.40. The Morgan fingerprint density at radius 2 is 1.85 bits per heavy atom. The number of rotatable bonds is 13. The zero-order chi connectivity index (χ0) is 23.3. The molecule has 1 saturated heterocycles. The van der Waals surface area contributed by atoms with Crippen LogP contribution in [0.4, 0.5) is 0 Å². The van der Waals surface area contributed by atoms with E-state index in [0.29, 0.717) is 52.4 Å². The Hall–Kier alpha value is -2.29. The van der Waals surface area contributed by atoms with Crippen LogP contribution in [-0.2, 0) is 32.0 Å². The number of nitrogens with zero attached hydrogens (tertiary/aromatic N) is 2. The van der Waals surface area contributed by atoms with Crippen molar-refractivity contribution in [1.82, 2.24) is 9.80 Å². The van der Waals surface area contributed by atoms with E-state index in [1.54, 1.807) is 7.11 Å². The molecule has 33 heavy (non-hydrogen) atoms. The summed E-state index contributed by atoms with van der Waals surface area (Å²) in [6, 6.07) is 19.7. The summed E-state index contributed by atoms with van der Waals surface area (Å²) in [5.74, 6) is 0.0633. The number of morpholine rings is 1. The minimum Gasteiger partial charge on any atom is -0.389 e. The summed E-state index contributed by atoms with van der Waals surface area (Å²) >= 11 is 0. The van der Waals surface area contributed by atoms with E-state index in [-0.39, 0.29) is 18.6 Å². The predicted molar refractivity (Wildman–Crippen MR) is 127 cm³/mol. The van der Waals surface area contributed by atoms with Crippen LogP contribution in [0.5, 0.6) is 0 Å². The van der Waals surface area contributed by atoms with Gasteiger partial charge in [-0.3, -0.25) is 9.69 Å². The van der Waals surface area contributed by atoms with Crippen LogP contribution in [0.3, 0.4) is 0 Å². The van der Waals surface area contributed by atoms with Crippen molar-refractivity contribution in [3.05, 3.63) is 71.8 Å². The highest BCUT2D eigenvalue weighted by atomic mass is 16.5. The van der Waals surface area contributed by atoms with Gasteiger partial charge in [0.1, 0.15) is 0 Å². The van der Waals surface area contributed by atoms with Crippen molar-refractivity contribution in [2.45, 2.75) is 25.2 Å². The Labute approximate surface area is 196 Å². The molecular formula is C26H36N2O5. The Bertz CT molecular complexity index is 805. The number of amides is 1. The molecule has 0 unspecified atom stereocenters. The Balaban J connectivity index is 1.45. The molecule has 1 amide bonds. The van der Waals surface area contributed by atoms with Crippen molar-refractivity contribution in [3.63, 3.8) is 0 Å². The molecule has 0 aliphatic carbocycles. The largest absolute Gasteiger partial charge is 0.389 e. The highest BCUT2D eigenvalue weighted by Crippen LogP contribution is 2.11. The summed E-state index contributed by atoms with van der Waals surface area (Å²) in [5, 5.41) is 10.4. The number of carbonyl (C=O) groups excluding carboxylic acids is 1. The van der Waals surface area contributed by atoms with Gasteiger partial charge in [-0.05, 0) is 11.1 Å². The van der Waals surface area contributed by atoms with E-state index < -0.39 is 6.10 Å². The number of benzene rings is 2. The smallest absolute Gasteiger partial charge is 0.227 e. The van der Waals surface area contributed by atoms with Gasteiger partial charge in [0.15, 0.2) is 0 Å². The van der Waals surface area contributed by atoms with Gasteiger partial charge in [-0.2, -0.15) is 0 Å². The second-order valence-electron chi connectivity index (χ2n) is 8.40. The molecule has 1 N–H and O–H groups in total. The van der Waals surface area contributed by atoms with Gasteiger partial charge in [-0.25, -0.2) is 0 Å². The van der Waals surface area contributed by atoms with Crippen LogP contribution in [0.25, 0.3) is 0 Å². The lowest BCUT2D eigenvalue weighted by atomic mass is 10.1. The van der Waals surface area contributed by atoms with Gasteiger partial charge >= 0.3 is 0 Å². The normalized spacial score (nSPS) is 17.6. The average molecular weight is 457 g/mol. The Morgan fingerprint density at radius 1 is 1.15 bits per heavy atom. The maximum absolute atomic E-state index is 12.9. The summed E-state index contributed by atoms with van der Waals surface area (Å²) in [7, 11) is 1.64. The number of carbonyl (C=O) groups is 1. The zero-order valence-corrected chi connectivity index (χ0v) is 19.5. The van der Waals surface area contributed by atoms with Gasteiger partial charge in [0.05, 0.1) is 45.1 Å². The third-order valence-corrected chi connectivity index (χ3v) is 5.65. The van der Waals surface area contributed by atoms with Crippen LogP contribution >= 0.6 is 0 Å². The molecule has 0 saturated carbocycles. The van der Waals surface area contributed by atoms with Crippen molar-refractivity contribution < 1.29 is 24.1 Å². The molecule has 1 heterocycles. The highest BCUT2D eigenvalue weighted by Gasteiger charge is 2.26. The molecule has 3 rings (SSSR count). The Morgan fingerprint density at radius 3 is 2.55 bits per heavy atom. The lowest BCUT2D eigenvalue weighted by Gasteiger charge is -2.36. The molecule has 0 aromatic heterocycles. The van der Waals surface area contributed by atoms with Crippen LogP contribution in [0.2, 0.25) is 0 Å². The van der Waals surface area contributed by atoms with E-state index in [1.165, 1.54) is 0 Å². The summed E-state index contributed by atoms with van der Waals surface area (Å²) < 4.78 is 16.8. The quantitative estimate of drug-likeness (QED) is 0.497. The topological polar surface area (TPSA) is 71.5 Å². The molecule has 7 heteroatoms. The molecule has 1 aliphatic rings. The minimum absolute atomic E-state index is 0.0633. The monoisotopic (exact) mass is 456 g/mol. The third-order valence-electron chi connectivity index (χ3n) is 5.65. The van der Waals surface area contributed by atoms with Crippen LogP contribution in [0.1, 0.15) is 11.1 Å². The fraction of sp³-hybridized carbons (Fsp3) is 0.500. The van der Waals surface area contributed by atoms with Crippen LogP contribution in [0, 0.1) is 0 Å². The second kappa shape index (κ2) is 14.1. The standard InChI is InChI=1S/C26H36N2O5/c1-31-14-13-28(26(30)16-22-8-4-2-5-9-22)19-25-18-27(12-15-33-25)17-24(29)21-32-20-23-10-6-3-7-11-23/h2-11,24-25,29H,12-21H2,1H3/t24-,25-/m1/s1. The number of methoxy groups -OCH3 is 1. The number of hydrogen-bond donors (Lipinski definition) is 1. The van der Waals surface area contributed by atoms with Crippen LogP contribution in [0.15, 0.2) is 60.7 Å². The third kappa shape index (κ3) is 9.23. The first kappa shape index (κ1) is 25.3. The summed E-state index contributed by atoms with van der Waals surface area (Å²) in [6.07, 6.45) is -0.317. The summed E-state index contributed by atoms with van der Waals surface area (Å²) in [6.45, 7) is 4.80. The molecule has 2 aromatic carbocycles. The molecule has 0 bridgehead atoms. The van der Waals surface area contributed by atoms with Gasteiger partial charge in [0, 0.05) is 39.8 Å². The van der Waals surface area contributed by atoms with Crippen molar-refractivity contribution in [3.8, 4) is 0 Å². The first-order valence-corrected chi connectivity index (χ1v) is 11.6. The van der Waals surface area contributed by atoms with Crippen molar-refractivity contribution in [2.75, 3.05) is 59.7 Å². The molecule has 180 valence electrons. The van der Waals surface area contributed by atoms with Gasteiger partial charge in [-0.1, -0.05) is 60.7 Å². The zero-order valence-electron chi connectivity index (χ0n) is 19.5. The molecule has 1 aliphatic heterocycles. The number of aliphatic hydroxyl groups excluding tert-OH is 1. The molecule has 7 nitrogen and oxygen atoms in total. The molecule has 2 aromatic rings. The van der Waals surface area contributed by atoms with E-state index in [0.717, 1.165) is 17.7 Å². The number of β-amino-alcohol motifs (C(OH)–C–C–N with tert-alkyl or cyclic N) is 1. The van der Waals surface area contributed by atoms with Gasteiger partial charge in [0.25, 0.3) is 0 Å². The van der Waals surface area contributed by atoms with Crippen molar-refractivity contribution in [2.24, 2.45) is 0 Å². The lowest BCUT2D eigenvalue weighted by Crippen LogP contribution is -2.51. The van der Waals surface area contributed by atoms with Crippen molar-refractivity contribution >= 4 is 5.91 Å². The fourth-order valence-electron chi connectivity index (χ4n) is 3.94. The highest BCUT2D eigenvalue weighted by molar-refractivity contribution is 5.78. The van der Waals surface area contributed by atoms with E-state index in [9.17, 15) is 9.90 Å². The fourth-order valence-corrected chi connectivity index (χ4v) is 3.94. The van der Waals surface area contributed by atoms with Gasteiger partial charge in [0.2, 0.25) is 5.91 Å². The van der Waals surface area contributed by atoms with Gasteiger partial charge < -0.3 is 24.2 Å². The average Bonchev–Trinajstić information content (AvgIpc) is 2.83. The first-order valence-electron chi connectivity index (χ1n) is 11.6. The van der Waals surface area contributed by atoms with E-state index in [1.807, 2.05) is 65.6 Å². The Kier molecular flexibility index (Phi) is 10.8. The predicted octanol–water partition coefficient (Wildman–Crippen LogP) is 1.98. The van der Waals surface area contributed by atoms with Crippen LogP contribution < -0.4 is 0 Å². The molecular weight excluding hydrogens is 420 g/mol. The summed E-state index contributed by atoms with van der Waals surface area (Å²) in [5.41, 5.74) is 2.09. The molecule has 1 fully saturated rings. The van der Waals surface area contributed by atoms with E-state index >= 15 is 0 Å². The van der Waals surface area contributed by atoms with Crippen LogP contribution in [-0.4, -0.2) is 92.7 Å². The van der Waals surface area contributed by atoms with E-state index in [2.05, 4.69) is 4.90 Å². The maximum atomic E-state index is 12.9. The maximum Gasteiger partial charge on any atom is 0.227 e. The molecule has 0 spiro atoms. The van der Waals surface area contributed by atoms with Gasteiger partial charge in [-0.15, -0.1) is 0 Å². The number of aliphatic hydroxyl groups is 1. The molecule has 0 radical (unpaired) electrons. The van der Waals surface area contributed by atoms with Crippen molar-refractivity contribution in [1.29, 1.82) is 0 Å². The SMILES string of the molecule is COCCN(C[C@H]1CN(C[C@@H](O)COCc2ccccc2)CCO1)C(=O)Cc1ccccc1. The first-order chi connectivity index (χ1) is 16.1. The van der Waals surface area contributed by atoms with E-state index in [4.69, 9.17) is 14.2 Å². The molecule has 2 atom stereocenters. The number of hydrogen-bond acceptors (Lipinski definition) is 6. The lowest BCUT2D eigenvalue weighted by molar-refractivity contribution is -0.135.